The molecule has 144 valence electrons. The number of ether oxygens (including phenoxy) is 2. The molecule has 0 bridgehead atoms. The first-order chi connectivity index (χ1) is 13.1. The Balaban J connectivity index is 1.35. The molecule has 0 spiro atoms. The molecule has 2 aromatic rings. The number of nitrogens with zero attached hydrogens (tertiary/aromatic N) is 4. The second kappa shape index (κ2) is 7.56. The molecule has 1 saturated heterocycles. The van der Waals surface area contributed by atoms with Crippen molar-refractivity contribution in [2.45, 2.75) is 39.0 Å². The molecule has 1 fully saturated rings. The van der Waals surface area contributed by atoms with Crippen LogP contribution < -0.4 is 15.0 Å². The van der Waals surface area contributed by atoms with E-state index in [2.05, 4.69) is 15.3 Å². The molecular formula is C19H25N5O3. The van der Waals surface area contributed by atoms with E-state index in [0.29, 0.717) is 18.7 Å². The number of nitrogens with one attached hydrogen (secondary N) is 1. The van der Waals surface area contributed by atoms with Crippen molar-refractivity contribution < 1.29 is 14.3 Å². The number of methoxy groups -OCH3 is 1. The Hall–Kier alpha value is -2.61. The lowest BCUT2D eigenvalue weighted by Crippen LogP contribution is -2.39. The van der Waals surface area contributed by atoms with Crippen molar-refractivity contribution >= 4 is 11.7 Å². The lowest BCUT2D eigenvalue weighted by atomic mass is 10.1. The van der Waals surface area contributed by atoms with Gasteiger partial charge >= 0.3 is 0 Å². The molecule has 1 amide bonds. The summed E-state index contributed by atoms with van der Waals surface area (Å²) in [4.78, 5) is 18.8. The van der Waals surface area contributed by atoms with Gasteiger partial charge in [-0.05, 0) is 18.6 Å². The standard InChI is InChI=1S/C19H25N5O3/c1-13-9-16-17(11-20-19(16)25)22-18(13)23-5-3-14(4-6-23)27-15-10-21-24(12-15)7-8-26-2/h9-10,12,14H,3-8,11H2,1-2H3,(H,20,25). The molecule has 0 aliphatic carbocycles. The van der Waals surface area contributed by atoms with Gasteiger partial charge in [0.25, 0.3) is 5.91 Å². The summed E-state index contributed by atoms with van der Waals surface area (Å²) in [6, 6.07) is 1.96. The first-order valence-corrected chi connectivity index (χ1v) is 9.36. The molecule has 0 atom stereocenters. The maximum Gasteiger partial charge on any atom is 0.253 e. The number of anilines is 1. The van der Waals surface area contributed by atoms with E-state index in [9.17, 15) is 4.79 Å². The first kappa shape index (κ1) is 17.8. The van der Waals surface area contributed by atoms with E-state index >= 15 is 0 Å². The normalized spacial score (nSPS) is 17.1. The highest BCUT2D eigenvalue weighted by Gasteiger charge is 2.26. The number of carbonyl (C=O) groups is 1. The summed E-state index contributed by atoms with van der Waals surface area (Å²) in [5, 5.41) is 7.13. The fourth-order valence-corrected chi connectivity index (χ4v) is 3.64. The van der Waals surface area contributed by atoms with Gasteiger partial charge in [-0.25, -0.2) is 4.98 Å². The van der Waals surface area contributed by atoms with Crippen LogP contribution in [-0.2, 0) is 17.8 Å². The molecule has 8 nitrogen and oxygen atoms in total. The Morgan fingerprint density at radius 1 is 1.33 bits per heavy atom. The molecule has 0 radical (unpaired) electrons. The van der Waals surface area contributed by atoms with Crippen LogP contribution in [0.25, 0.3) is 0 Å². The predicted octanol–water partition coefficient (Wildman–Crippen LogP) is 1.52. The number of amides is 1. The zero-order chi connectivity index (χ0) is 18.8. The Morgan fingerprint density at radius 3 is 2.93 bits per heavy atom. The van der Waals surface area contributed by atoms with Gasteiger partial charge in [0.15, 0.2) is 5.75 Å². The third kappa shape index (κ3) is 3.75. The smallest absolute Gasteiger partial charge is 0.253 e. The van der Waals surface area contributed by atoms with Crippen molar-refractivity contribution in [2.24, 2.45) is 0 Å². The number of hydrogen-bond acceptors (Lipinski definition) is 6. The van der Waals surface area contributed by atoms with Gasteiger partial charge in [0, 0.05) is 33.0 Å². The highest BCUT2D eigenvalue weighted by Crippen LogP contribution is 2.27. The summed E-state index contributed by atoms with van der Waals surface area (Å²) in [5.41, 5.74) is 2.60. The maximum atomic E-state index is 11.8. The molecule has 2 aliphatic heterocycles. The number of rotatable bonds is 6. The molecule has 8 heteroatoms. The zero-order valence-electron chi connectivity index (χ0n) is 15.8. The van der Waals surface area contributed by atoms with Crippen LogP contribution in [0.5, 0.6) is 5.75 Å². The third-order valence-electron chi connectivity index (χ3n) is 5.10. The molecule has 1 N–H and O–H groups in total. The minimum Gasteiger partial charge on any atom is -0.487 e. The van der Waals surface area contributed by atoms with Crippen LogP contribution in [0.3, 0.4) is 0 Å². The van der Waals surface area contributed by atoms with Gasteiger partial charge in [-0.1, -0.05) is 0 Å². The molecule has 4 heterocycles. The summed E-state index contributed by atoms with van der Waals surface area (Å²) < 4.78 is 13.0. The lowest BCUT2D eigenvalue weighted by molar-refractivity contribution is 0.0965. The summed E-state index contributed by atoms with van der Waals surface area (Å²) in [7, 11) is 1.68. The molecular weight excluding hydrogens is 346 g/mol. The van der Waals surface area contributed by atoms with Crippen LogP contribution >= 0.6 is 0 Å². The van der Waals surface area contributed by atoms with Crippen molar-refractivity contribution in [1.82, 2.24) is 20.1 Å². The number of hydrogen-bond donors (Lipinski definition) is 1. The monoisotopic (exact) mass is 371 g/mol. The van der Waals surface area contributed by atoms with E-state index in [1.165, 1.54) is 0 Å². The van der Waals surface area contributed by atoms with Gasteiger partial charge in [-0.2, -0.15) is 5.10 Å². The van der Waals surface area contributed by atoms with Crippen LogP contribution in [0.15, 0.2) is 18.5 Å². The highest BCUT2D eigenvalue weighted by atomic mass is 16.5. The highest BCUT2D eigenvalue weighted by molar-refractivity contribution is 5.98. The second-order valence-corrected chi connectivity index (χ2v) is 7.04. The Morgan fingerprint density at radius 2 is 2.15 bits per heavy atom. The van der Waals surface area contributed by atoms with Crippen molar-refractivity contribution in [2.75, 3.05) is 31.7 Å². The summed E-state index contributed by atoms with van der Waals surface area (Å²) in [6.45, 7) is 5.67. The molecule has 0 saturated carbocycles. The van der Waals surface area contributed by atoms with Crippen LogP contribution in [0.4, 0.5) is 5.82 Å². The van der Waals surface area contributed by atoms with Crippen molar-refractivity contribution in [3.63, 3.8) is 0 Å². The zero-order valence-corrected chi connectivity index (χ0v) is 15.8. The SMILES string of the molecule is COCCn1cc(OC2CCN(c3nc4c(cc3C)C(=O)NC4)CC2)cn1. The molecule has 0 unspecified atom stereocenters. The molecule has 4 rings (SSSR count). The Bertz CT molecular complexity index is 827. The molecule has 27 heavy (non-hydrogen) atoms. The van der Waals surface area contributed by atoms with E-state index in [4.69, 9.17) is 14.5 Å². The number of aromatic nitrogens is 3. The van der Waals surface area contributed by atoms with E-state index in [0.717, 1.165) is 55.3 Å². The van der Waals surface area contributed by atoms with Crippen LogP contribution in [-0.4, -0.2) is 53.6 Å². The van der Waals surface area contributed by atoms with E-state index in [1.54, 1.807) is 13.3 Å². The molecule has 2 aliphatic rings. The van der Waals surface area contributed by atoms with Crippen molar-refractivity contribution in [3.8, 4) is 5.75 Å². The summed E-state index contributed by atoms with van der Waals surface area (Å²) in [6.07, 6.45) is 5.72. The van der Waals surface area contributed by atoms with Gasteiger partial charge in [-0.15, -0.1) is 0 Å². The fraction of sp³-hybridized carbons (Fsp3) is 0.526. The lowest BCUT2D eigenvalue weighted by Gasteiger charge is -2.33. The number of carbonyl (C=O) groups excluding carboxylic acids is 1. The van der Waals surface area contributed by atoms with Crippen molar-refractivity contribution in [3.05, 3.63) is 35.3 Å². The summed E-state index contributed by atoms with van der Waals surface area (Å²) >= 11 is 0. The summed E-state index contributed by atoms with van der Waals surface area (Å²) in [5.74, 6) is 1.77. The third-order valence-corrected chi connectivity index (χ3v) is 5.10. The van der Waals surface area contributed by atoms with Crippen molar-refractivity contribution in [1.29, 1.82) is 0 Å². The maximum absolute atomic E-state index is 11.8. The second-order valence-electron chi connectivity index (χ2n) is 7.04. The topological polar surface area (TPSA) is 81.5 Å². The van der Waals surface area contributed by atoms with E-state index < -0.39 is 0 Å². The van der Waals surface area contributed by atoms with Gasteiger partial charge in [0.2, 0.25) is 0 Å². The van der Waals surface area contributed by atoms with Gasteiger partial charge in [0.05, 0.1) is 43.3 Å². The number of fused-ring (bicyclic) bond motifs is 1. The number of pyridine rings is 1. The van der Waals surface area contributed by atoms with Crippen LogP contribution in [0.1, 0.15) is 34.5 Å². The van der Waals surface area contributed by atoms with E-state index in [-0.39, 0.29) is 12.0 Å². The van der Waals surface area contributed by atoms with Gasteiger partial charge in [-0.3, -0.25) is 9.48 Å². The minimum atomic E-state index is -0.0229. The van der Waals surface area contributed by atoms with Gasteiger partial charge in [0.1, 0.15) is 11.9 Å². The first-order valence-electron chi connectivity index (χ1n) is 9.36. The van der Waals surface area contributed by atoms with Gasteiger partial charge < -0.3 is 19.7 Å². The minimum absolute atomic E-state index is 0.0229. The Labute approximate surface area is 158 Å². The molecule has 0 aromatic carbocycles. The fourth-order valence-electron chi connectivity index (χ4n) is 3.64. The van der Waals surface area contributed by atoms with E-state index in [1.807, 2.05) is 23.9 Å². The van der Waals surface area contributed by atoms with Crippen LogP contribution in [0, 0.1) is 6.92 Å². The number of piperidine rings is 1. The average Bonchev–Trinajstić information content (AvgIpc) is 3.27. The number of aryl methyl sites for hydroxylation is 1. The average molecular weight is 371 g/mol. The quantitative estimate of drug-likeness (QED) is 0.829. The Kier molecular flexibility index (Phi) is 4.98. The van der Waals surface area contributed by atoms with Crippen LogP contribution in [0.2, 0.25) is 0 Å². The largest absolute Gasteiger partial charge is 0.487 e. The predicted molar refractivity (Wildman–Crippen MR) is 100 cm³/mol. The molecule has 2 aromatic heterocycles.